The van der Waals surface area contributed by atoms with E-state index >= 15 is 0 Å². The Labute approximate surface area is 190 Å². The van der Waals surface area contributed by atoms with Crippen molar-refractivity contribution in [3.63, 3.8) is 0 Å². The van der Waals surface area contributed by atoms with E-state index in [1.165, 1.54) is 19.3 Å². The first-order valence-electron chi connectivity index (χ1n) is 11.8. The van der Waals surface area contributed by atoms with Crippen LogP contribution in [-0.2, 0) is 9.59 Å². The van der Waals surface area contributed by atoms with Gasteiger partial charge in [0.15, 0.2) is 0 Å². The van der Waals surface area contributed by atoms with Crippen LogP contribution in [0.1, 0.15) is 38.5 Å². The lowest BCUT2D eigenvalue weighted by Crippen LogP contribution is -2.44. The molecule has 2 aromatic rings. The van der Waals surface area contributed by atoms with Gasteiger partial charge >= 0.3 is 0 Å². The summed E-state index contributed by atoms with van der Waals surface area (Å²) in [5.74, 6) is 0.639. The molecule has 2 saturated heterocycles. The predicted octanol–water partition coefficient (Wildman–Crippen LogP) is 4.32. The maximum absolute atomic E-state index is 13.1. The van der Waals surface area contributed by atoms with Crippen molar-refractivity contribution in [1.29, 1.82) is 0 Å². The Bertz CT molecular complexity index is 896. The summed E-state index contributed by atoms with van der Waals surface area (Å²) in [7, 11) is 0. The van der Waals surface area contributed by atoms with Crippen LogP contribution >= 0.6 is 0 Å². The molecule has 0 radical (unpaired) electrons. The van der Waals surface area contributed by atoms with Gasteiger partial charge in [0, 0.05) is 26.2 Å². The molecule has 0 bridgehead atoms. The zero-order chi connectivity index (χ0) is 22.2. The predicted molar refractivity (Wildman–Crippen MR) is 127 cm³/mol. The second-order valence-corrected chi connectivity index (χ2v) is 8.64. The molecule has 2 aliphatic heterocycles. The molecule has 1 N–H and O–H groups in total. The number of hydrogen-bond acceptors (Lipinski definition) is 4. The molecule has 2 amide bonds. The Balaban J connectivity index is 1.30. The number of benzene rings is 2. The number of carbonyl (C=O) groups excluding carboxylic acids is 2. The number of amides is 2. The van der Waals surface area contributed by atoms with Crippen LogP contribution in [0.3, 0.4) is 0 Å². The lowest BCUT2D eigenvalue weighted by Gasteiger charge is -2.33. The lowest BCUT2D eigenvalue weighted by molar-refractivity contribution is -0.135. The zero-order valence-electron chi connectivity index (χ0n) is 18.7. The highest BCUT2D eigenvalue weighted by Gasteiger charge is 2.29. The van der Waals surface area contributed by atoms with Gasteiger partial charge < -0.3 is 19.9 Å². The summed E-state index contributed by atoms with van der Waals surface area (Å²) in [5.41, 5.74) is 1.97. The van der Waals surface area contributed by atoms with E-state index in [1.807, 2.05) is 53.4 Å². The number of hydrogen-bond donors (Lipinski definition) is 1. The molecule has 0 spiro atoms. The minimum atomic E-state index is -0.183. The van der Waals surface area contributed by atoms with Gasteiger partial charge in [-0.25, -0.2) is 0 Å². The number of likely N-dealkylation sites (tertiary alicyclic amines) is 1. The molecule has 4 rings (SSSR count). The van der Waals surface area contributed by atoms with Gasteiger partial charge in [0.05, 0.1) is 30.3 Å². The van der Waals surface area contributed by atoms with Crippen molar-refractivity contribution in [1.82, 2.24) is 4.90 Å². The van der Waals surface area contributed by atoms with Crippen LogP contribution in [0.5, 0.6) is 5.75 Å². The van der Waals surface area contributed by atoms with Gasteiger partial charge in [-0.3, -0.25) is 9.59 Å². The monoisotopic (exact) mass is 435 g/mol. The highest BCUT2D eigenvalue weighted by Crippen LogP contribution is 2.29. The van der Waals surface area contributed by atoms with Crippen molar-refractivity contribution >= 4 is 23.2 Å². The molecule has 170 valence electrons. The fraction of sp³-hybridized carbons (Fsp3) is 0.462. The zero-order valence-corrected chi connectivity index (χ0v) is 18.7. The first-order valence-corrected chi connectivity index (χ1v) is 11.8. The number of carbonyl (C=O) groups is 2. The topological polar surface area (TPSA) is 61.9 Å². The summed E-state index contributed by atoms with van der Waals surface area (Å²) in [6.07, 6.45) is 5.62. The van der Waals surface area contributed by atoms with E-state index in [2.05, 4.69) is 16.3 Å². The lowest BCUT2D eigenvalue weighted by atomic mass is 9.96. The molecule has 2 heterocycles. The van der Waals surface area contributed by atoms with E-state index in [0.717, 1.165) is 43.1 Å². The molecule has 0 aromatic heterocycles. The Kier molecular flexibility index (Phi) is 7.64. The van der Waals surface area contributed by atoms with Crippen molar-refractivity contribution in [3.05, 3.63) is 54.6 Å². The van der Waals surface area contributed by atoms with Crippen LogP contribution in [0.2, 0.25) is 0 Å². The van der Waals surface area contributed by atoms with E-state index < -0.39 is 0 Å². The molecular formula is C26H33N3O3. The highest BCUT2D eigenvalue weighted by atomic mass is 16.5. The van der Waals surface area contributed by atoms with Crippen LogP contribution in [0.4, 0.5) is 11.4 Å². The first kappa shape index (κ1) is 22.2. The summed E-state index contributed by atoms with van der Waals surface area (Å²) < 4.78 is 5.66. The minimum Gasteiger partial charge on any atom is -0.493 e. The van der Waals surface area contributed by atoms with Crippen LogP contribution < -0.4 is 15.0 Å². The quantitative estimate of drug-likeness (QED) is 0.704. The number of ether oxygens (including phenoxy) is 1. The standard InChI is InChI=1S/C26H33N3O3/c30-25(15-19-32-22-11-3-1-4-12-22)29-18-9-10-21(20-29)26(31)27-23-13-5-6-14-24(23)28-16-7-2-8-17-28/h1,3-6,11-14,21H,2,7-10,15-20H2,(H,27,31). The van der Waals surface area contributed by atoms with Crippen LogP contribution in [0, 0.1) is 5.92 Å². The molecule has 32 heavy (non-hydrogen) atoms. The van der Waals surface area contributed by atoms with Gasteiger partial charge in [0.1, 0.15) is 5.75 Å². The number of piperidine rings is 2. The van der Waals surface area contributed by atoms with Crippen molar-refractivity contribution in [2.24, 2.45) is 5.92 Å². The van der Waals surface area contributed by atoms with E-state index in [1.54, 1.807) is 0 Å². The summed E-state index contributed by atoms with van der Waals surface area (Å²) in [4.78, 5) is 29.9. The molecule has 0 saturated carbocycles. The van der Waals surface area contributed by atoms with Gasteiger partial charge in [0.25, 0.3) is 0 Å². The number of nitrogens with zero attached hydrogens (tertiary/aromatic N) is 2. The molecule has 6 heteroatoms. The van der Waals surface area contributed by atoms with E-state index in [4.69, 9.17) is 4.74 Å². The Morgan fingerprint density at radius 2 is 1.66 bits per heavy atom. The third-order valence-electron chi connectivity index (χ3n) is 6.33. The van der Waals surface area contributed by atoms with Gasteiger partial charge in [-0.05, 0) is 56.4 Å². The van der Waals surface area contributed by atoms with Gasteiger partial charge in [-0.2, -0.15) is 0 Å². The molecule has 2 fully saturated rings. The molecule has 2 aliphatic rings. The molecular weight excluding hydrogens is 402 g/mol. The average Bonchev–Trinajstić information content (AvgIpc) is 2.85. The van der Waals surface area contributed by atoms with Crippen LogP contribution in [-0.4, -0.2) is 49.5 Å². The maximum Gasteiger partial charge on any atom is 0.229 e. The number of para-hydroxylation sites is 3. The first-order chi connectivity index (χ1) is 15.7. The molecule has 6 nitrogen and oxygen atoms in total. The molecule has 0 aliphatic carbocycles. The smallest absolute Gasteiger partial charge is 0.229 e. The van der Waals surface area contributed by atoms with Crippen LogP contribution in [0.15, 0.2) is 54.6 Å². The summed E-state index contributed by atoms with van der Waals surface area (Å²) in [6.45, 7) is 3.59. The largest absolute Gasteiger partial charge is 0.493 e. The normalized spacial score (nSPS) is 18.8. The average molecular weight is 436 g/mol. The fourth-order valence-corrected chi connectivity index (χ4v) is 4.57. The van der Waals surface area contributed by atoms with Gasteiger partial charge in [-0.1, -0.05) is 30.3 Å². The summed E-state index contributed by atoms with van der Waals surface area (Å²) in [6, 6.07) is 17.6. The van der Waals surface area contributed by atoms with E-state index in [-0.39, 0.29) is 17.7 Å². The molecule has 1 atom stereocenters. The van der Waals surface area contributed by atoms with Gasteiger partial charge in [0.2, 0.25) is 11.8 Å². The SMILES string of the molecule is O=C(Nc1ccccc1N1CCCCC1)C1CCCN(C(=O)CCOc2ccccc2)C1. The van der Waals surface area contributed by atoms with Crippen molar-refractivity contribution < 1.29 is 14.3 Å². The summed E-state index contributed by atoms with van der Waals surface area (Å²) in [5, 5.41) is 3.16. The maximum atomic E-state index is 13.1. The number of anilines is 2. The fourth-order valence-electron chi connectivity index (χ4n) is 4.57. The second kappa shape index (κ2) is 11.0. The highest BCUT2D eigenvalue weighted by molar-refractivity contribution is 5.96. The molecule has 1 unspecified atom stereocenters. The summed E-state index contributed by atoms with van der Waals surface area (Å²) >= 11 is 0. The third-order valence-corrected chi connectivity index (χ3v) is 6.33. The van der Waals surface area contributed by atoms with Crippen LogP contribution in [0.25, 0.3) is 0 Å². The van der Waals surface area contributed by atoms with Crippen molar-refractivity contribution in [3.8, 4) is 5.75 Å². The van der Waals surface area contributed by atoms with Crippen molar-refractivity contribution in [2.75, 3.05) is 43.0 Å². The number of rotatable bonds is 7. The number of nitrogens with one attached hydrogen (secondary N) is 1. The Hall–Kier alpha value is -3.02. The minimum absolute atomic E-state index is 0.00694. The third kappa shape index (κ3) is 5.81. The van der Waals surface area contributed by atoms with Gasteiger partial charge in [-0.15, -0.1) is 0 Å². The molecule has 2 aromatic carbocycles. The Morgan fingerprint density at radius 3 is 2.47 bits per heavy atom. The second-order valence-electron chi connectivity index (χ2n) is 8.64. The Morgan fingerprint density at radius 1 is 0.906 bits per heavy atom. The van der Waals surface area contributed by atoms with E-state index in [9.17, 15) is 9.59 Å². The van der Waals surface area contributed by atoms with Crippen molar-refractivity contribution in [2.45, 2.75) is 38.5 Å². The van der Waals surface area contributed by atoms with E-state index in [0.29, 0.717) is 26.1 Å².